The van der Waals surface area contributed by atoms with Crippen LogP contribution in [0.25, 0.3) is 22.3 Å². The summed E-state index contributed by atoms with van der Waals surface area (Å²) in [5.74, 6) is 0.424. The number of rotatable bonds is 6. The van der Waals surface area contributed by atoms with E-state index >= 15 is 0 Å². The smallest absolute Gasteiger partial charge is 0.251 e. The van der Waals surface area contributed by atoms with E-state index in [1.807, 2.05) is 36.4 Å². The molecular weight excluding hydrogens is 538 g/mol. The van der Waals surface area contributed by atoms with Crippen LogP contribution in [0.1, 0.15) is 29.9 Å². The fraction of sp³-hybridized carbons (Fsp3) is 0.286. The number of benzene rings is 1. The van der Waals surface area contributed by atoms with E-state index in [9.17, 15) is 13.2 Å². The number of carbonyl (C=O) groups is 1. The van der Waals surface area contributed by atoms with Crippen LogP contribution in [0.2, 0.25) is 5.02 Å². The van der Waals surface area contributed by atoms with Gasteiger partial charge in [-0.3, -0.25) is 9.78 Å². The highest BCUT2D eigenvalue weighted by molar-refractivity contribution is 7.90. The second-order valence-corrected chi connectivity index (χ2v) is 12.2. The van der Waals surface area contributed by atoms with Gasteiger partial charge in [0.2, 0.25) is 0 Å². The lowest BCUT2D eigenvalue weighted by molar-refractivity contribution is -0.00545. The molecule has 2 atom stereocenters. The third-order valence-electron chi connectivity index (χ3n) is 6.36. The fourth-order valence-electron chi connectivity index (χ4n) is 4.59. The van der Waals surface area contributed by atoms with E-state index in [0.717, 1.165) is 47.5 Å². The molecule has 0 bridgehead atoms. The standard InChI is InChI=1S/C28H28ClN5O4S/c1-17-15-34(16-18(2)38-17)27-6-4-5-24(33-27)25-8-7-19-13-30-22(12-26(19)32-25)14-31-28(35)20-9-21(29)11-23(10-20)39(3,36)37/h4-13,17-18H,14-16H2,1-3H3,(H,31,35)/t17-,18+. The molecule has 0 unspecified atom stereocenters. The molecule has 1 N–H and O–H groups in total. The van der Waals surface area contributed by atoms with Gasteiger partial charge >= 0.3 is 0 Å². The van der Waals surface area contributed by atoms with Crippen molar-refractivity contribution in [3.8, 4) is 11.4 Å². The molecule has 0 radical (unpaired) electrons. The van der Waals surface area contributed by atoms with Crippen molar-refractivity contribution in [3.63, 3.8) is 0 Å². The summed E-state index contributed by atoms with van der Waals surface area (Å²) in [6, 6.07) is 15.6. The summed E-state index contributed by atoms with van der Waals surface area (Å²) in [4.78, 5) is 29.1. The molecule has 1 aliphatic heterocycles. The molecule has 1 amide bonds. The van der Waals surface area contributed by atoms with Gasteiger partial charge in [0.05, 0.1) is 46.2 Å². The number of morpholine rings is 1. The van der Waals surface area contributed by atoms with Gasteiger partial charge in [0.15, 0.2) is 9.84 Å². The van der Waals surface area contributed by atoms with Crippen LogP contribution in [-0.2, 0) is 21.1 Å². The first-order chi connectivity index (χ1) is 18.5. The van der Waals surface area contributed by atoms with E-state index in [-0.39, 0.29) is 34.2 Å². The Morgan fingerprint density at radius 2 is 1.79 bits per heavy atom. The third-order valence-corrected chi connectivity index (χ3v) is 7.67. The molecular formula is C28H28ClN5O4S. The first-order valence-electron chi connectivity index (χ1n) is 12.5. The van der Waals surface area contributed by atoms with Crippen LogP contribution in [0.5, 0.6) is 0 Å². The molecule has 9 nitrogen and oxygen atoms in total. The van der Waals surface area contributed by atoms with E-state index in [1.165, 1.54) is 18.2 Å². The molecule has 0 aliphatic carbocycles. The maximum absolute atomic E-state index is 12.7. The van der Waals surface area contributed by atoms with Crippen LogP contribution in [-0.4, -0.2) is 60.8 Å². The molecule has 11 heteroatoms. The predicted molar refractivity (Wildman–Crippen MR) is 151 cm³/mol. The lowest BCUT2D eigenvalue weighted by atomic mass is 10.1. The SMILES string of the molecule is C[C@@H]1CN(c2cccc(-c3ccc4cnc(CNC(=O)c5cc(Cl)cc(S(C)(=O)=O)c5)cc4n3)n2)C[C@H](C)O1. The number of anilines is 1. The number of halogens is 1. The quantitative estimate of drug-likeness (QED) is 0.368. The molecule has 4 heterocycles. The number of hydrogen-bond acceptors (Lipinski definition) is 8. The number of hydrogen-bond donors (Lipinski definition) is 1. The molecule has 3 aromatic heterocycles. The Bertz CT molecular complexity index is 1650. The Hall–Kier alpha value is -3.60. The minimum atomic E-state index is -3.51. The second-order valence-electron chi connectivity index (χ2n) is 9.74. The number of ether oxygens (including phenoxy) is 1. The molecule has 202 valence electrons. The maximum atomic E-state index is 12.7. The van der Waals surface area contributed by atoms with Crippen molar-refractivity contribution in [2.45, 2.75) is 37.5 Å². The summed E-state index contributed by atoms with van der Waals surface area (Å²) in [5.41, 5.74) is 2.96. The zero-order valence-corrected chi connectivity index (χ0v) is 23.3. The highest BCUT2D eigenvalue weighted by Crippen LogP contribution is 2.24. The zero-order chi connectivity index (χ0) is 27.7. The number of amides is 1. The summed E-state index contributed by atoms with van der Waals surface area (Å²) in [7, 11) is -3.51. The monoisotopic (exact) mass is 565 g/mol. The molecule has 0 spiro atoms. The van der Waals surface area contributed by atoms with Crippen molar-refractivity contribution in [1.29, 1.82) is 0 Å². The average molecular weight is 566 g/mol. The Balaban J connectivity index is 1.35. The first-order valence-corrected chi connectivity index (χ1v) is 14.7. The van der Waals surface area contributed by atoms with Crippen molar-refractivity contribution in [2.75, 3.05) is 24.2 Å². The molecule has 1 saturated heterocycles. The maximum Gasteiger partial charge on any atom is 0.251 e. The van der Waals surface area contributed by atoms with Gasteiger partial charge in [-0.2, -0.15) is 0 Å². The average Bonchev–Trinajstić information content (AvgIpc) is 2.90. The summed E-state index contributed by atoms with van der Waals surface area (Å²) in [6.45, 7) is 5.80. The number of sulfone groups is 1. The normalized spacial score (nSPS) is 17.8. The minimum Gasteiger partial charge on any atom is -0.372 e. The first kappa shape index (κ1) is 27.0. The number of carbonyl (C=O) groups excluding carboxylic acids is 1. The number of nitrogens with zero attached hydrogens (tertiary/aromatic N) is 4. The van der Waals surface area contributed by atoms with Gasteiger partial charge in [-0.1, -0.05) is 17.7 Å². The van der Waals surface area contributed by atoms with Crippen LogP contribution in [0, 0.1) is 0 Å². The van der Waals surface area contributed by atoms with E-state index in [4.69, 9.17) is 26.3 Å². The van der Waals surface area contributed by atoms with E-state index in [0.29, 0.717) is 5.69 Å². The van der Waals surface area contributed by atoms with E-state index < -0.39 is 15.7 Å². The Morgan fingerprint density at radius 1 is 1.05 bits per heavy atom. The van der Waals surface area contributed by atoms with Gasteiger partial charge in [0.25, 0.3) is 5.91 Å². The lowest BCUT2D eigenvalue weighted by Gasteiger charge is -2.36. The molecule has 0 saturated carbocycles. The molecule has 1 aromatic carbocycles. The Kier molecular flexibility index (Phi) is 7.53. The zero-order valence-electron chi connectivity index (χ0n) is 21.8. The molecule has 4 aromatic rings. The van der Waals surface area contributed by atoms with Gasteiger partial charge in [-0.15, -0.1) is 0 Å². The van der Waals surface area contributed by atoms with Crippen molar-refractivity contribution in [3.05, 3.63) is 77.1 Å². The van der Waals surface area contributed by atoms with Crippen LogP contribution in [0.3, 0.4) is 0 Å². The summed E-state index contributed by atoms with van der Waals surface area (Å²) in [5, 5.41) is 3.79. The topological polar surface area (TPSA) is 114 Å². The van der Waals surface area contributed by atoms with Crippen LogP contribution in [0.15, 0.2) is 65.7 Å². The third kappa shape index (κ3) is 6.35. The summed E-state index contributed by atoms with van der Waals surface area (Å²) < 4.78 is 29.7. The van der Waals surface area contributed by atoms with Crippen molar-refractivity contribution < 1.29 is 17.9 Å². The molecule has 1 aliphatic rings. The van der Waals surface area contributed by atoms with E-state index in [1.54, 1.807) is 6.20 Å². The van der Waals surface area contributed by atoms with Crippen molar-refractivity contribution in [2.24, 2.45) is 0 Å². The lowest BCUT2D eigenvalue weighted by Crippen LogP contribution is -2.45. The van der Waals surface area contributed by atoms with Crippen LogP contribution >= 0.6 is 11.6 Å². The highest BCUT2D eigenvalue weighted by Gasteiger charge is 2.23. The number of pyridine rings is 3. The number of aromatic nitrogens is 3. The van der Waals surface area contributed by atoms with Crippen molar-refractivity contribution in [1.82, 2.24) is 20.3 Å². The molecule has 39 heavy (non-hydrogen) atoms. The van der Waals surface area contributed by atoms with Gasteiger partial charge < -0.3 is 15.0 Å². The predicted octanol–water partition coefficient (Wildman–Crippen LogP) is 4.29. The molecule has 5 rings (SSSR count). The van der Waals surface area contributed by atoms with Gasteiger partial charge in [0, 0.05) is 41.5 Å². The number of nitrogens with one attached hydrogen (secondary N) is 1. The van der Waals surface area contributed by atoms with Gasteiger partial charge in [-0.05, 0) is 62.4 Å². The Morgan fingerprint density at radius 3 is 2.54 bits per heavy atom. The van der Waals surface area contributed by atoms with Crippen LogP contribution in [0.4, 0.5) is 5.82 Å². The second kappa shape index (κ2) is 10.9. The number of fused-ring (bicyclic) bond motifs is 1. The fourth-order valence-corrected chi connectivity index (χ4v) is 5.57. The highest BCUT2D eigenvalue weighted by atomic mass is 35.5. The minimum absolute atomic E-state index is 0.0176. The Labute approximate surface area is 232 Å². The van der Waals surface area contributed by atoms with Gasteiger partial charge in [0.1, 0.15) is 5.82 Å². The largest absolute Gasteiger partial charge is 0.372 e. The molecule has 1 fully saturated rings. The van der Waals surface area contributed by atoms with Crippen LogP contribution < -0.4 is 10.2 Å². The van der Waals surface area contributed by atoms with Crippen molar-refractivity contribution >= 4 is 44.1 Å². The van der Waals surface area contributed by atoms with Gasteiger partial charge in [-0.25, -0.2) is 18.4 Å². The van der Waals surface area contributed by atoms with E-state index in [2.05, 4.69) is 29.0 Å². The summed E-state index contributed by atoms with van der Waals surface area (Å²) in [6.07, 6.45) is 3.03. The summed E-state index contributed by atoms with van der Waals surface area (Å²) >= 11 is 6.04.